The van der Waals surface area contributed by atoms with Crippen LogP contribution in [0.4, 0.5) is 4.39 Å². The minimum Gasteiger partial charge on any atom is -0.331 e. The predicted octanol–water partition coefficient (Wildman–Crippen LogP) is 4.26. The van der Waals surface area contributed by atoms with Crippen LogP contribution in [0.15, 0.2) is 30.3 Å². The standard InChI is InChI=1S/C13H11FN2S2/c1-8-2-4-10(18-8)7-16-12-6-9(14)3-5-11(12)15-13(16)17/h2-6H,7H2,1H3,(H,15,17). The fraction of sp³-hybridized carbons (Fsp3) is 0.154. The van der Waals surface area contributed by atoms with Crippen molar-refractivity contribution >= 4 is 34.6 Å². The average Bonchev–Trinajstić information content (AvgIpc) is 2.86. The number of thiophene rings is 1. The molecule has 3 rings (SSSR count). The Kier molecular flexibility index (Phi) is 2.80. The number of aromatic amines is 1. The molecule has 0 unspecified atom stereocenters. The molecule has 0 aliphatic carbocycles. The zero-order valence-corrected chi connectivity index (χ0v) is 11.4. The van der Waals surface area contributed by atoms with Gasteiger partial charge in [0.25, 0.3) is 0 Å². The molecule has 0 saturated heterocycles. The van der Waals surface area contributed by atoms with E-state index in [2.05, 4.69) is 24.0 Å². The van der Waals surface area contributed by atoms with E-state index < -0.39 is 0 Å². The molecule has 2 heterocycles. The van der Waals surface area contributed by atoms with Crippen molar-refractivity contribution in [2.24, 2.45) is 0 Å². The second-order valence-electron chi connectivity index (χ2n) is 4.19. The first-order valence-electron chi connectivity index (χ1n) is 5.57. The Hall–Kier alpha value is -1.46. The maximum atomic E-state index is 13.3. The van der Waals surface area contributed by atoms with Crippen LogP contribution in [0.25, 0.3) is 11.0 Å². The van der Waals surface area contributed by atoms with Crippen molar-refractivity contribution in [1.82, 2.24) is 9.55 Å². The van der Waals surface area contributed by atoms with Gasteiger partial charge in [0.1, 0.15) is 5.82 Å². The fourth-order valence-electron chi connectivity index (χ4n) is 2.01. The first kappa shape index (κ1) is 11.6. The molecule has 1 N–H and O–H groups in total. The highest BCUT2D eigenvalue weighted by Gasteiger charge is 2.07. The minimum atomic E-state index is -0.243. The monoisotopic (exact) mass is 278 g/mol. The quantitative estimate of drug-likeness (QED) is 0.695. The van der Waals surface area contributed by atoms with Crippen molar-refractivity contribution < 1.29 is 4.39 Å². The highest BCUT2D eigenvalue weighted by Crippen LogP contribution is 2.21. The van der Waals surface area contributed by atoms with Crippen molar-refractivity contribution in [3.8, 4) is 0 Å². The van der Waals surface area contributed by atoms with Crippen LogP contribution in [0.3, 0.4) is 0 Å². The summed E-state index contributed by atoms with van der Waals surface area (Å²) in [5.41, 5.74) is 1.68. The largest absolute Gasteiger partial charge is 0.331 e. The number of H-pyrrole nitrogens is 1. The summed E-state index contributed by atoms with van der Waals surface area (Å²) >= 11 is 7.02. The molecule has 0 aliphatic rings. The van der Waals surface area contributed by atoms with E-state index in [4.69, 9.17) is 12.2 Å². The summed E-state index contributed by atoms with van der Waals surface area (Å²) in [6, 6.07) is 8.84. The van der Waals surface area contributed by atoms with E-state index in [0.29, 0.717) is 11.3 Å². The van der Waals surface area contributed by atoms with Crippen molar-refractivity contribution in [1.29, 1.82) is 0 Å². The van der Waals surface area contributed by atoms with Gasteiger partial charge in [0.05, 0.1) is 17.6 Å². The van der Waals surface area contributed by atoms with Crippen molar-refractivity contribution in [3.63, 3.8) is 0 Å². The van der Waals surface area contributed by atoms with Crippen LogP contribution in [-0.4, -0.2) is 9.55 Å². The van der Waals surface area contributed by atoms with Crippen LogP contribution >= 0.6 is 23.6 Å². The van der Waals surface area contributed by atoms with Gasteiger partial charge in [-0.3, -0.25) is 0 Å². The van der Waals surface area contributed by atoms with E-state index in [9.17, 15) is 4.39 Å². The Labute approximate surface area is 113 Å². The Morgan fingerprint density at radius 3 is 2.89 bits per heavy atom. The van der Waals surface area contributed by atoms with E-state index in [1.54, 1.807) is 17.4 Å². The summed E-state index contributed by atoms with van der Waals surface area (Å²) < 4.78 is 15.9. The van der Waals surface area contributed by atoms with Gasteiger partial charge in [-0.05, 0) is 49.5 Å². The van der Waals surface area contributed by atoms with Gasteiger partial charge in [-0.2, -0.15) is 0 Å². The molecule has 0 bridgehead atoms. The summed E-state index contributed by atoms with van der Waals surface area (Å²) in [4.78, 5) is 5.58. The second kappa shape index (κ2) is 4.33. The Morgan fingerprint density at radius 1 is 1.33 bits per heavy atom. The summed E-state index contributed by atoms with van der Waals surface area (Å²) in [7, 11) is 0. The van der Waals surface area contributed by atoms with Gasteiger partial charge >= 0.3 is 0 Å². The summed E-state index contributed by atoms with van der Waals surface area (Å²) in [6.07, 6.45) is 0. The Bertz CT molecular complexity index is 767. The molecule has 18 heavy (non-hydrogen) atoms. The van der Waals surface area contributed by atoms with Crippen LogP contribution in [0.5, 0.6) is 0 Å². The maximum Gasteiger partial charge on any atom is 0.178 e. The fourth-order valence-corrected chi connectivity index (χ4v) is 3.16. The van der Waals surface area contributed by atoms with Gasteiger partial charge < -0.3 is 9.55 Å². The molecule has 0 saturated carbocycles. The molecule has 92 valence electrons. The van der Waals surface area contributed by atoms with Gasteiger partial charge in [-0.1, -0.05) is 0 Å². The first-order chi connectivity index (χ1) is 8.63. The number of rotatable bonds is 2. The van der Waals surface area contributed by atoms with Crippen molar-refractivity contribution in [2.75, 3.05) is 0 Å². The highest BCUT2D eigenvalue weighted by atomic mass is 32.1. The lowest BCUT2D eigenvalue weighted by atomic mass is 10.3. The molecule has 2 nitrogen and oxygen atoms in total. The molecule has 0 radical (unpaired) electrons. The molecule has 0 aliphatic heterocycles. The van der Waals surface area contributed by atoms with Gasteiger partial charge in [0, 0.05) is 9.75 Å². The number of imidazole rings is 1. The van der Waals surface area contributed by atoms with Gasteiger partial charge in [0.15, 0.2) is 4.77 Å². The van der Waals surface area contributed by atoms with Crippen LogP contribution < -0.4 is 0 Å². The molecular weight excluding hydrogens is 267 g/mol. The van der Waals surface area contributed by atoms with Crippen molar-refractivity contribution in [3.05, 3.63) is 50.7 Å². The molecule has 2 aromatic heterocycles. The van der Waals surface area contributed by atoms with E-state index in [1.807, 2.05) is 4.57 Å². The molecule has 5 heteroatoms. The number of nitrogens with zero attached hydrogens (tertiary/aromatic N) is 1. The normalized spacial score (nSPS) is 11.2. The smallest absolute Gasteiger partial charge is 0.178 e. The molecule has 0 spiro atoms. The SMILES string of the molecule is Cc1ccc(Cn2c(=S)[nH]c3ccc(F)cc32)s1. The van der Waals surface area contributed by atoms with Gasteiger partial charge in [0.2, 0.25) is 0 Å². The predicted molar refractivity (Wildman–Crippen MR) is 75.2 cm³/mol. The average molecular weight is 278 g/mol. The molecule has 3 aromatic rings. The van der Waals surface area contributed by atoms with Crippen LogP contribution in [-0.2, 0) is 6.54 Å². The number of benzene rings is 1. The second-order valence-corrected chi connectivity index (χ2v) is 5.95. The number of aromatic nitrogens is 2. The van der Waals surface area contributed by atoms with E-state index in [0.717, 1.165) is 11.0 Å². The first-order valence-corrected chi connectivity index (χ1v) is 6.79. The number of nitrogens with one attached hydrogen (secondary N) is 1. The molecular formula is C13H11FN2S2. The van der Waals surface area contributed by atoms with E-state index in [-0.39, 0.29) is 5.82 Å². The topological polar surface area (TPSA) is 20.7 Å². The maximum absolute atomic E-state index is 13.3. The summed E-state index contributed by atoms with van der Waals surface area (Å²) in [5.74, 6) is -0.243. The number of fused-ring (bicyclic) bond motifs is 1. The minimum absolute atomic E-state index is 0.243. The molecule has 0 amide bonds. The number of aryl methyl sites for hydroxylation is 1. The van der Waals surface area contributed by atoms with Crippen LogP contribution in [0.2, 0.25) is 0 Å². The number of hydrogen-bond acceptors (Lipinski definition) is 2. The lowest BCUT2D eigenvalue weighted by molar-refractivity contribution is 0.628. The molecule has 1 aromatic carbocycles. The lowest BCUT2D eigenvalue weighted by Crippen LogP contribution is -1.97. The Morgan fingerprint density at radius 2 is 2.17 bits per heavy atom. The summed E-state index contributed by atoms with van der Waals surface area (Å²) in [5, 5.41) is 0. The third-order valence-corrected chi connectivity index (χ3v) is 4.16. The zero-order valence-electron chi connectivity index (χ0n) is 9.74. The highest BCUT2D eigenvalue weighted by molar-refractivity contribution is 7.71. The van der Waals surface area contributed by atoms with Crippen LogP contribution in [0.1, 0.15) is 9.75 Å². The lowest BCUT2D eigenvalue weighted by Gasteiger charge is -2.02. The Balaban J connectivity index is 2.13. The number of hydrogen-bond donors (Lipinski definition) is 1. The molecule has 0 fully saturated rings. The van der Waals surface area contributed by atoms with Crippen molar-refractivity contribution in [2.45, 2.75) is 13.5 Å². The summed E-state index contributed by atoms with van der Waals surface area (Å²) in [6.45, 7) is 2.75. The van der Waals surface area contributed by atoms with E-state index >= 15 is 0 Å². The molecule has 0 atom stereocenters. The van der Waals surface area contributed by atoms with Crippen LogP contribution in [0, 0.1) is 17.5 Å². The third kappa shape index (κ3) is 2.00. The van der Waals surface area contributed by atoms with E-state index in [1.165, 1.54) is 21.9 Å². The number of halogens is 1. The van der Waals surface area contributed by atoms with Gasteiger partial charge in [-0.15, -0.1) is 11.3 Å². The zero-order chi connectivity index (χ0) is 12.7. The van der Waals surface area contributed by atoms with Gasteiger partial charge in [-0.25, -0.2) is 4.39 Å². The third-order valence-electron chi connectivity index (χ3n) is 2.85.